The molecule has 2 aromatic heterocycles. The Morgan fingerprint density at radius 1 is 1.11 bits per heavy atom. The van der Waals surface area contributed by atoms with E-state index in [2.05, 4.69) is 26.1 Å². The minimum Gasteiger partial charge on any atom is -0.376 e. The number of hydrogen-bond donors (Lipinski definition) is 3. The van der Waals surface area contributed by atoms with Gasteiger partial charge in [-0.2, -0.15) is 0 Å². The molecule has 0 aliphatic carbocycles. The lowest BCUT2D eigenvalue weighted by Crippen LogP contribution is -2.44. The topological polar surface area (TPSA) is 101 Å². The highest BCUT2D eigenvalue weighted by Gasteiger charge is 2.09. The molecular weight excluding hydrogens is 344 g/mol. The maximum Gasteiger partial charge on any atom is 0.271 e. The molecule has 0 bridgehead atoms. The number of amides is 2. The van der Waals surface area contributed by atoms with E-state index in [1.54, 1.807) is 35.4 Å². The summed E-state index contributed by atoms with van der Waals surface area (Å²) < 4.78 is 1.72. The maximum absolute atomic E-state index is 12.1. The van der Waals surface area contributed by atoms with Gasteiger partial charge in [-0.1, -0.05) is 17.7 Å². The Morgan fingerprint density at radius 3 is 2.63 bits per heavy atom. The number of nitrogens with one attached hydrogen (secondary N) is 3. The van der Waals surface area contributed by atoms with Crippen molar-refractivity contribution in [3.63, 3.8) is 0 Å². The Bertz CT molecular complexity index is 935. The number of carbonyl (C=O) groups excluding carboxylic acids is 2. The van der Waals surface area contributed by atoms with Crippen LogP contribution in [-0.4, -0.2) is 32.9 Å². The predicted octanol–water partition coefficient (Wildman–Crippen LogP) is 1.76. The van der Waals surface area contributed by atoms with Crippen LogP contribution in [0.2, 0.25) is 0 Å². The van der Waals surface area contributed by atoms with Crippen LogP contribution in [0.25, 0.3) is 5.82 Å². The van der Waals surface area contributed by atoms with Gasteiger partial charge in [0, 0.05) is 24.3 Å². The second-order valence-corrected chi connectivity index (χ2v) is 6.05. The summed E-state index contributed by atoms with van der Waals surface area (Å²) in [6.07, 6.45) is 6.45. The highest BCUT2D eigenvalue weighted by atomic mass is 16.2. The normalized spacial score (nSPS) is 10.3. The molecule has 0 aliphatic rings. The number of rotatable bonds is 5. The average Bonchev–Trinajstić information content (AvgIpc) is 3.20. The van der Waals surface area contributed by atoms with Crippen molar-refractivity contribution >= 4 is 17.5 Å². The lowest BCUT2D eigenvalue weighted by Gasteiger charge is -2.11. The first kappa shape index (κ1) is 18.1. The minimum absolute atomic E-state index is 0.0436. The van der Waals surface area contributed by atoms with Crippen LogP contribution in [0.3, 0.4) is 0 Å². The second kappa shape index (κ2) is 8.13. The molecule has 0 atom stereocenters. The van der Waals surface area contributed by atoms with Crippen LogP contribution >= 0.6 is 0 Å². The number of aromatic nitrogens is 3. The first-order valence-electron chi connectivity index (χ1n) is 8.37. The molecule has 0 spiro atoms. The van der Waals surface area contributed by atoms with Crippen LogP contribution in [0, 0.1) is 13.8 Å². The minimum atomic E-state index is -0.445. The smallest absolute Gasteiger partial charge is 0.271 e. The lowest BCUT2D eigenvalue weighted by atomic mass is 10.1. The number of pyridine rings is 1. The molecule has 3 aromatic rings. The number of imidazole rings is 1. The van der Waals surface area contributed by atoms with Gasteiger partial charge in [0.15, 0.2) is 0 Å². The number of hydrogen-bond acceptors (Lipinski definition) is 5. The Hall–Kier alpha value is -3.68. The van der Waals surface area contributed by atoms with Gasteiger partial charge in [-0.25, -0.2) is 9.97 Å². The van der Waals surface area contributed by atoms with Gasteiger partial charge in [-0.3, -0.25) is 25.0 Å². The molecule has 8 heteroatoms. The van der Waals surface area contributed by atoms with E-state index in [1.165, 1.54) is 6.20 Å². The lowest BCUT2D eigenvalue weighted by molar-refractivity contribution is -0.120. The third-order valence-corrected chi connectivity index (χ3v) is 3.92. The molecule has 2 amide bonds. The summed E-state index contributed by atoms with van der Waals surface area (Å²) >= 11 is 0. The zero-order chi connectivity index (χ0) is 19.2. The summed E-state index contributed by atoms with van der Waals surface area (Å²) in [6, 6.07) is 9.24. The largest absolute Gasteiger partial charge is 0.376 e. The van der Waals surface area contributed by atoms with E-state index in [4.69, 9.17) is 0 Å². The van der Waals surface area contributed by atoms with Gasteiger partial charge in [0.05, 0.1) is 12.1 Å². The SMILES string of the molecule is Cc1ccc(NCC(=O)NNC(=O)c2ccc(-n3ccnc3)nc2)c(C)c1. The maximum atomic E-state index is 12.1. The number of carbonyl (C=O) groups is 2. The fraction of sp³-hybridized carbons (Fsp3) is 0.158. The van der Waals surface area contributed by atoms with Crippen molar-refractivity contribution in [1.82, 2.24) is 25.4 Å². The molecule has 0 saturated carbocycles. The highest BCUT2D eigenvalue weighted by molar-refractivity contribution is 5.95. The van der Waals surface area contributed by atoms with Gasteiger partial charge < -0.3 is 5.32 Å². The first-order valence-corrected chi connectivity index (χ1v) is 8.37. The zero-order valence-corrected chi connectivity index (χ0v) is 15.1. The Kier molecular flexibility index (Phi) is 5.46. The number of anilines is 1. The van der Waals surface area contributed by atoms with E-state index in [0.717, 1.165) is 16.8 Å². The van der Waals surface area contributed by atoms with Crippen molar-refractivity contribution < 1.29 is 9.59 Å². The number of nitrogens with zero attached hydrogens (tertiary/aromatic N) is 3. The van der Waals surface area contributed by atoms with Gasteiger partial charge >= 0.3 is 0 Å². The van der Waals surface area contributed by atoms with E-state index >= 15 is 0 Å². The van der Waals surface area contributed by atoms with Gasteiger partial charge in [0.25, 0.3) is 11.8 Å². The standard InChI is InChI=1S/C19H20N6O2/c1-13-3-5-16(14(2)9-13)21-11-18(26)23-24-19(27)15-4-6-17(22-10-15)25-8-7-20-12-25/h3-10,12,21H,11H2,1-2H3,(H,23,26)(H,24,27). The zero-order valence-electron chi connectivity index (χ0n) is 15.1. The molecular formula is C19H20N6O2. The van der Waals surface area contributed by atoms with Gasteiger partial charge in [-0.05, 0) is 37.6 Å². The monoisotopic (exact) mass is 364 g/mol. The molecule has 0 unspecified atom stereocenters. The molecule has 0 radical (unpaired) electrons. The molecule has 8 nitrogen and oxygen atoms in total. The quantitative estimate of drug-likeness (QED) is 0.599. The van der Waals surface area contributed by atoms with Crippen LogP contribution in [0.4, 0.5) is 5.69 Å². The van der Waals surface area contributed by atoms with Crippen molar-refractivity contribution in [1.29, 1.82) is 0 Å². The molecule has 1 aromatic carbocycles. The van der Waals surface area contributed by atoms with Gasteiger partial charge in [0.2, 0.25) is 0 Å². The van der Waals surface area contributed by atoms with Crippen LogP contribution in [0.5, 0.6) is 0 Å². The highest BCUT2D eigenvalue weighted by Crippen LogP contribution is 2.15. The summed E-state index contributed by atoms with van der Waals surface area (Å²) in [5, 5.41) is 3.04. The van der Waals surface area contributed by atoms with Gasteiger partial charge in [-0.15, -0.1) is 0 Å². The summed E-state index contributed by atoms with van der Waals surface area (Å²) in [7, 11) is 0. The average molecular weight is 364 g/mol. The van der Waals surface area contributed by atoms with Crippen molar-refractivity contribution in [2.75, 3.05) is 11.9 Å². The van der Waals surface area contributed by atoms with E-state index in [0.29, 0.717) is 11.4 Å². The fourth-order valence-corrected chi connectivity index (χ4v) is 2.50. The number of aryl methyl sites for hydroxylation is 2. The van der Waals surface area contributed by atoms with Crippen molar-refractivity contribution in [3.8, 4) is 5.82 Å². The number of benzene rings is 1. The summed E-state index contributed by atoms with van der Waals surface area (Å²) in [5.74, 6) is -0.156. The Labute approximate surface area is 156 Å². The van der Waals surface area contributed by atoms with Gasteiger partial charge in [0.1, 0.15) is 12.1 Å². The molecule has 3 N–H and O–H groups in total. The van der Waals surface area contributed by atoms with E-state index in [9.17, 15) is 9.59 Å². The van der Waals surface area contributed by atoms with E-state index in [-0.39, 0.29) is 12.5 Å². The summed E-state index contributed by atoms with van der Waals surface area (Å²) in [6.45, 7) is 4.02. The third-order valence-electron chi connectivity index (χ3n) is 3.92. The third kappa shape index (κ3) is 4.69. The number of hydrazine groups is 1. The van der Waals surface area contributed by atoms with Crippen LogP contribution in [0.1, 0.15) is 21.5 Å². The van der Waals surface area contributed by atoms with Crippen LogP contribution < -0.4 is 16.2 Å². The predicted molar refractivity (Wildman–Crippen MR) is 101 cm³/mol. The second-order valence-electron chi connectivity index (χ2n) is 6.05. The Balaban J connectivity index is 1.49. The van der Waals surface area contributed by atoms with Crippen molar-refractivity contribution in [2.24, 2.45) is 0 Å². The fourth-order valence-electron chi connectivity index (χ4n) is 2.50. The summed E-state index contributed by atoms with van der Waals surface area (Å²) in [5.41, 5.74) is 8.17. The van der Waals surface area contributed by atoms with Crippen LogP contribution in [-0.2, 0) is 4.79 Å². The Morgan fingerprint density at radius 2 is 1.96 bits per heavy atom. The van der Waals surface area contributed by atoms with Crippen LogP contribution in [0.15, 0.2) is 55.2 Å². The van der Waals surface area contributed by atoms with Crippen molar-refractivity contribution in [2.45, 2.75) is 13.8 Å². The molecule has 3 rings (SSSR count). The molecule has 0 saturated heterocycles. The first-order chi connectivity index (χ1) is 13.0. The molecule has 138 valence electrons. The summed E-state index contributed by atoms with van der Waals surface area (Å²) in [4.78, 5) is 32.2. The van der Waals surface area contributed by atoms with E-state index in [1.807, 2.05) is 32.0 Å². The molecule has 0 fully saturated rings. The molecule has 0 aliphatic heterocycles. The molecule has 2 heterocycles. The molecule has 27 heavy (non-hydrogen) atoms. The van der Waals surface area contributed by atoms with E-state index < -0.39 is 5.91 Å². The van der Waals surface area contributed by atoms with Crippen molar-refractivity contribution in [3.05, 3.63) is 71.9 Å².